The third-order valence-electron chi connectivity index (χ3n) is 2.44. The Bertz CT molecular complexity index is 329. The van der Waals surface area contributed by atoms with Gasteiger partial charge in [0.1, 0.15) is 0 Å². The van der Waals surface area contributed by atoms with Crippen molar-refractivity contribution in [1.29, 1.82) is 0 Å². The molecule has 2 nitrogen and oxygen atoms in total. The van der Waals surface area contributed by atoms with Crippen molar-refractivity contribution < 1.29 is 4.79 Å². The molecule has 0 aliphatic heterocycles. The molecule has 1 aromatic carbocycles. The van der Waals surface area contributed by atoms with Gasteiger partial charge in [-0.15, -0.1) is 0 Å². The minimum Gasteiger partial charge on any atom is -0.324 e. The van der Waals surface area contributed by atoms with Crippen molar-refractivity contribution in [3.05, 3.63) is 35.4 Å². The predicted octanol–water partition coefficient (Wildman–Crippen LogP) is 1.71. The van der Waals surface area contributed by atoms with Gasteiger partial charge in [0.15, 0.2) is 5.78 Å². The molecule has 13 heavy (non-hydrogen) atoms. The van der Waals surface area contributed by atoms with E-state index in [1.165, 1.54) is 18.4 Å². The molecule has 0 unspecified atom stereocenters. The first-order chi connectivity index (χ1) is 6.31. The van der Waals surface area contributed by atoms with E-state index in [2.05, 4.69) is 6.07 Å². The van der Waals surface area contributed by atoms with Crippen LogP contribution in [0.2, 0.25) is 0 Å². The lowest BCUT2D eigenvalue weighted by atomic mass is 10.0. The van der Waals surface area contributed by atoms with Gasteiger partial charge < -0.3 is 5.73 Å². The van der Waals surface area contributed by atoms with Crippen molar-refractivity contribution >= 4 is 5.78 Å². The van der Waals surface area contributed by atoms with E-state index in [4.69, 9.17) is 5.73 Å². The first-order valence-electron chi connectivity index (χ1n) is 4.64. The Hall–Kier alpha value is -1.15. The van der Waals surface area contributed by atoms with Crippen molar-refractivity contribution in [1.82, 2.24) is 0 Å². The molecule has 68 valence electrons. The fourth-order valence-corrected chi connectivity index (χ4v) is 1.50. The lowest BCUT2D eigenvalue weighted by Crippen LogP contribution is -2.13. The number of carbonyl (C=O) groups excluding carboxylic acids is 1. The second kappa shape index (κ2) is 3.30. The molecule has 0 spiro atoms. The highest BCUT2D eigenvalue weighted by atomic mass is 16.1. The van der Waals surface area contributed by atoms with Gasteiger partial charge in [0.2, 0.25) is 0 Å². The van der Waals surface area contributed by atoms with Crippen LogP contribution in [-0.4, -0.2) is 12.3 Å². The van der Waals surface area contributed by atoms with E-state index in [0.717, 1.165) is 5.56 Å². The van der Waals surface area contributed by atoms with E-state index >= 15 is 0 Å². The number of Topliss-reactive ketones (excluding diaryl/α,β-unsaturated/α-hetero) is 1. The first-order valence-corrected chi connectivity index (χ1v) is 4.64. The molecule has 1 aromatic rings. The molecule has 1 aliphatic rings. The molecule has 0 atom stereocenters. The van der Waals surface area contributed by atoms with Gasteiger partial charge in [0.25, 0.3) is 0 Å². The van der Waals surface area contributed by atoms with Crippen LogP contribution in [0.25, 0.3) is 0 Å². The standard InChI is InChI=1S/C11H13NO/c12-7-11(13)10-3-1-2-9(6-10)8-4-5-8/h1-3,6,8H,4-5,7,12H2. The molecular formula is C11H13NO. The van der Waals surface area contributed by atoms with Crippen LogP contribution in [-0.2, 0) is 0 Å². The third-order valence-corrected chi connectivity index (χ3v) is 2.44. The summed E-state index contributed by atoms with van der Waals surface area (Å²) in [6, 6.07) is 7.84. The summed E-state index contributed by atoms with van der Waals surface area (Å²) >= 11 is 0. The fraction of sp³-hybridized carbons (Fsp3) is 0.364. The average molecular weight is 175 g/mol. The van der Waals surface area contributed by atoms with Crippen LogP contribution in [0.5, 0.6) is 0 Å². The molecule has 1 fully saturated rings. The third kappa shape index (κ3) is 1.78. The Balaban J connectivity index is 2.26. The molecule has 2 N–H and O–H groups in total. The quantitative estimate of drug-likeness (QED) is 0.710. The number of nitrogens with two attached hydrogens (primary N) is 1. The van der Waals surface area contributed by atoms with Crippen molar-refractivity contribution in [3.8, 4) is 0 Å². The van der Waals surface area contributed by atoms with E-state index in [-0.39, 0.29) is 12.3 Å². The Morgan fingerprint density at radius 1 is 1.46 bits per heavy atom. The largest absolute Gasteiger partial charge is 0.324 e. The Labute approximate surface area is 77.8 Å². The van der Waals surface area contributed by atoms with E-state index < -0.39 is 0 Å². The van der Waals surface area contributed by atoms with Gasteiger partial charge in [-0.1, -0.05) is 18.2 Å². The van der Waals surface area contributed by atoms with Gasteiger partial charge in [0.05, 0.1) is 6.54 Å². The van der Waals surface area contributed by atoms with E-state index in [1.54, 1.807) is 0 Å². The van der Waals surface area contributed by atoms with Gasteiger partial charge in [-0.05, 0) is 30.4 Å². The zero-order chi connectivity index (χ0) is 9.26. The summed E-state index contributed by atoms with van der Waals surface area (Å²) in [4.78, 5) is 11.3. The summed E-state index contributed by atoms with van der Waals surface area (Å²) in [6.07, 6.45) is 2.53. The first kappa shape index (κ1) is 8.45. The Morgan fingerprint density at radius 3 is 2.85 bits per heavy atom. The van der Waals surface area contributed by atoms with Gasteiger partial charge in [-0.25, -0.2) is 0 Å². The molecule has 1 saturated carbocycles. The molecular weight excluding hydrogens is 162 g/mol. The monoisotopic (exact) mass is 175 g/mol. The molecule has 2 heteroatoms. The molecule has 0 heterocycles. The highest BCUT2D eigenvalue weighted by Gasteiger charge is 2.23. The number of rotatable bonds is 3. The second-order valence-corrected chi connectivity index (χ2v) is 3.53. The molecule has 1 aliphatic carbocycles. The molecule has 0 saturated heterocycles. The SMILES string of the molecule is NCC(=O)c1cccc(C2CC2)c1. The molecule has 0 amide bonds. The van der Waals surface area contributed by atoms with Crippen LogP contribution in [0, 0.1) is 0 Å². The summed E-state index contributed by atoms with van der Waals surface area (Å²) in [5.41, 5.74) is 7.34. The Morgan fingerprint density at radius 2 is 2.23 bits per heavy atom. The van der Waals surface area contributed by atoms with Gasteiger partial charge in [-0.3, -0.25) is 4.79 Å². The maximum Gasteiger partial charge on any atom is 0.176 e. The van der Waals surface area contributed by atoms with Crippen molar-refractivity contribution in [2.75, 3.05) is 6.54 Å². The van der Waals surface area contributed by atoms with Crippen molar-refractivity contribution in [2.24, 2.45) is 5.73 Å². The average Bonchev–Trinajstić information content (AvgIpc) is 3.00. The summed E-state index contributed by atoms with van der Waals surface area (Å²) in [5, 5.41) is 0. The van der Waals surface area contributed by atoms with Crippen LogP contribution in [0.15, 0.2) is 24.3 Å². The van der Waals surface area contributed by atoms with Gasteiger partial charge >= 0.3 is 0 Å². The number of hydrogen-bond acceptors (Lipinski definition) is 2. The number of benzene rings is 1. The zero-order valence-electron chi connectivity index (χ0n) is 7.49. The summed E-state index contributed by atoms with van der Waals surface area (Å²) in [5.74, 6) is 0.730. The maximum atomic E-state index is 11.3. The van der Waals surface area contributed by atoms with Crippen LogP contribution < -0.4 is 5.73 Å². The molecule has 0 radical (unpaired) electrons. The van der Waals surface area contributed by atoms with Gasteiger partial charge in [-0.2, -0.15) is 0 Å². The highest BCUT2D eigenvalue weighted by molar-refractivity contribution is 5.97. The maximum absolute atomic E-state index is 11.3. The van der Waals surface area contributed by atoms with E-state index in [9.17, 15) is 4.79 Å². The molecule has 0 aromatic heterocycles. The van der Waals surface area contributed by atoms with Crippen molar-refractivity contribution in [2.45, 2.75) is 18.8 Å². The topological polar surface area (TPSA) is 43.1 Å². The number of ketones is 1. The summed E-state index contributed by atoms with van der Waals surface area (Å²) in [7, 11) is 0. The summed E-state index contributed by atoms with van der Waals surface area (Å²) in [6.45, 7) is 0.105. The normalized spacial score (nSPS) is 15.8. The molecule has 2 rings (SSSR count). The lowest BCUT2D eigenvalue weighted by Gasteiger charge is -2.01. The Kier molecular flexibility index (Phi) is 2.15. The smallest absolute Gasteiger partial charge is 0.176 e. The van der Waals surface area contributed by atoms with E-state index in [0.29, 0.717) is 5.92 Å². The lowest BCUT2D eigenvalue weighted by molar-refractivity contribution is 0.100. The van der Waals surface area contributed by atoms with Crippen LogP contribution in [0.3, 0.4) is 0 Å². The number of carbonyl (C=O) groups is 1. The van der Waals surface area contributed by atoms with Crippen molar-refractivity contribution in [3.63, 3.8) is 0 Å². The van der Waals surface area contributed by atoms with Crippen LogP contribution in [0.4, 0.5) is 0 Å². The van der Waals surface area contributed by atoms with Crippen LogP contribution in [0.1, 0.15) is 34.7 Å². The van der Waals surface area contributed by atoms with E-state index in [1.807, 2.05) is 18.2 Å². The highest BCUT2D eigenvalue weighted by Crippen LogP contribution is 2.40. The van der Waals surface area contributed by atoms with Gasteiger partial charge in [0, 0.05) is 5.56 Å². The zero-order valence-corrected chi connectivity index (χ0v) is 7.49. The minimum atomic E-state index is 0.0301. The summed E-state index contributed by atoms with van der Waals surface area (Å²) < 4.78 is 0. The minimum absolute atomic E-state index is 0.0301. The fourth-order valence-electron chi connectivity index (χ4n) is 1.50. The molecule has 0 bridgehead atoms. The second-order valence-electron chi connectivity index (χ2n) is 3.53. The predicted molar refractivity (Wildman–Crippen MR) is 51.8 cm³/mol. The van der Waals surface area contributed by atoms with Crippen LogP contribution >= 0.6 is 0 Å². The number of hydrogen-bond donors (Lipinski definition) is 1.